The van der Waals surface area contributed by atoms with Crippen LogP contribution >= 0.6 is 0 Å². The molecule has 0 saturated heterocycles. The quantitative estimate of drug-likeness (QED) is 0.168. The van der Waals surface area contributed by atoms with Crippen molar-refractivity contribution in [3.8, 4) is 5.75 Å². The Morgan fingerprint density at radius 1 is 0.955 bits per heavy atom. The van der Waals surface area contributed by atoms with Crippen molar-refractivity contribution < 1.29 is 32.9 Å². The molecule has 4 N–H and O–H groups in total. The van der Waals surface area contributed by atoms with Gasteiger partial charge in [-0.2, -0.15) is 0 Å². The van der Waals surface area contributed by atoms with Gasteiger partial charge in [-0.3, -0.25) is 10.2 Å². The Morgan fingerprint density at radius 3 is 2.27 bits per heavy atom. The van der Waals surface area contributed by atoms with Crippen LogP contribution in [0.2, 0.25) is 0 Å². The van der Waals surface area contributed by atoms with E-state index in [9.17, 15) is 18.3 Å². The number of aliphatic hydroxyl groups excluding tert-OH is 2. The van der Waals surface area contributed by atoms with E-state index in [4.69, 9.17) is 19.6 Å². The van der Waals surface area contributed by atoms with Crippen molar-refractivity contribution in [1.29, 1.82) is 0 Å². The van der Waals surface area contributed by atoms with Crippen molar-refractivity contribution in [2.75, 3.05) is 19.0 Å². The number of sulfone groups is 1. The molecular formula is C33H39N3O7S. The standard InChI is InChI=1S/C33H39N3O7S/c37-21-7-22-42-28-18-12-25(13-19-28)31-34-33(30(43-31)24-8-3-1-4-9-24,20-23-44(40,41)29-10-5-2-6-11-29)32(39)36-35-26-14-16-27(38)17-15-26/h1-6,8-13,18-19,26-27,30,35,37-38H,7,14-17,20-23H2,(H,36,39)/t26?,27?,30-,33-/m0/s1. The maximum atomic E-state index is 14.2. The SMILES string of the molecule is O=C(NNC1CCC(O)CC1)[C@@]1(CCS(=O)(=O)c2ccccc2)N=C(c2ccc(OCCCO)cc2)O[C@H]1c1ccccc1. The van der Waals surface area contributed by atoms with Gasteiger partial charge in [0.1, 0.15) is 5.75 Å². The Labute approximate surface area is 258 Å². The highest BCUT2D eigenvalue weighted by Gasteiger charge is 2.53. The summed E-state index contributed by atoms with van der Waals surface area (Å²) in [7, 11) is -3.75. The van der Waals surface area contributed by atoms with Crippen LogP contribution in [-0.2, 0) is 19.4 Å². The molecule has 0 radical (unpaired) electrons. The van der Waals surface area contributed by atoms with Gasteiger partial charge in [0.05, 0.1) is 23.4 Å². The Morgan fingerprint density at radius 2 is 1.61 bits per heavy atom. The van der Waals surface area contributed by atoms with Crippen LogP contribution in [0, 0.1) is 0 Å². The molecule has 1 fully saturated rings. The highest BCUT2D eigenvalue weighted by atomic mass is 32.2. The fourth-order valence-corrected chi connectivity index (χ4v) is 6.92. The number of aliphatic imine (C=N–C) groups is 1. The van der Waals surface area contributed by atoms with Gasteiger partial charge >= 0.3 is 0 Å². The molecule has 2 atom stereocenters. The normalized spacial score (nSPS) is 23.4. The van der Waals surface area contributed by atoms with Gasteiger partial charge in [0.25, 0.3) is 5.91 Å². The van der Waals surface area contributed by atoms with Crippen molar-refractivity contribution in [2.45, 2.75) is 67.2 Å². The molecule has 11 heteroatoms. The van der Waals surface area contributed by atoms with Crippen LogP contribution in [0.4, 0.5) is 0 Å². The highest BCUT2D eigenvalue weighted by Crippen LogP contribution is 2.43. The van der Waals surface area contributed by atoms with Crippen LogP contribution in [0.3, 0.4) is 0 Å². The van der Waals surface area contributed by atoms with Gasteiger partial charge < -0.3 is 19.7 Å². The number of rotatable bonds is 13. The zero-order valence-electron chi connectivity index (χ0n) is 24.5. The second-order valence-electron chi connectivity index (χ2n) is 11.2. The number of ether oxygens (including phenoxy) is 2. The fourth-order valence-electron chi connectivity index (χ4n) is 5.53. The van der Waals surface area contributed by atoms with Gasteiger partial charge in [0, 0.05) is 31.1 Å². The average Bonchev–Trinajstić information content (AvgIpc) is 3.46. The minimum absolute atomic E-state index is 0.0330. The van der Waals surface area contributed by atoms with Gasteiger partial charge in [-0.25, -0.2) is 18.8 Å². The lowest BCUT2D eigenvalue weighted by Gasteiger charge is -2.32. The number of hydrogen-bond acceptors (Lipinski definition) is 9. The summed E-state index contributed by atoms with van der Waals surface area (Å²) in [4.78, 5) is 19.3. The van der Waals surface area contributed by atoms with Crippen LogP contribution < -0.4 is 15.6 Å². The number of nitrogens with one attached hydrogen (secondary N) is 2. The first-order valence-electron chi connectivity index (χ1n) is 15.0. The van der Waals surface area contributed by atoms with Crippen molar-refractivity contribution in [3.05, 3.63) is 96.1 Å². The second kappa shape index (κ2) is 14.3. The molecule has 0 aromatic heterocycles. The van der Waals surface area contributed by atoms with E-state index in [0.717, 1.165) is 0 Å². The molecule has 1 heterocycles. The van der Waals surface area contributed by atoms with E-state index >= 15 is 0 Å². The first kappa shape index (κ1) is 31.6. The van der Waals surface area contributed by atoms with E-state index in [2.05, 4.69) is 10.9 Å². The lowest BCUT2D eigenvalue weighted by molar-refractivity contribution is -0.130. The molecular weight excluding hydrogens is 582 g/mol. The molecule has 2 aliphatic rings. The number of amides is 1. The zero-order chi connectivity index (χ0) is 31.0. The molecule has 0 bridgehead atoms. The number of carbonyl (C=O) groups is 1. The Hall–Kier alpha value is -3.77. The predicted molar refractivity (Wildman–Crippen MR) is 166 cm³/mol. The van der Waals surface area contributed by atoms with Crippen molar-refractivity contribution in [1.82, 2.24) is 10.9 Å². The second-order valence-corrected chi connectivity index (χ2v) is 13.3. The van der Waals surface area contributed by atoms with Gasteiger partial charge in [-0.05, 0) is 67.6 Å². The number of carbonyl (C=O) groups excluding carboxylic acids is 1. The minimum atomic E-state index is -3.75. The van der Waals surface area contributed by atoms with Gasteiger partial charge in [0.2, 0.25) is 5.90 Å². The van der Waals surface area contributed by atoms with Crippen LogP contribution in [0.25, 0.3) is 0 Å². The topological polar surface area (TPSA) is 147 Å². The van der Waals surface area contributed by atoms with Crippen LogP contribution in [0.1, 0.15) is 55.8 Å². The number of aliphatic hydroxyl groups is 2. The molecule has 1 aliphatic carbocycles. The van der Waals surface area contributed by atoms with Gasteiger partial charge in [-0.15, -0.1) is 0 Å². The third kappa shape index (κ3) is 7.47. The number of hydrazine groups is 1. The minimum Gasteiger partial charge on any atom is -0.494 e. The average molecular weight is 622 g/mol. The van der Waals surface area contributed by atoms with Gasteiger partial charge in [-0.1, -0.05) is 48.5 Å². The third-order valence-electron chi connectivity index (χ3n) is 8.07. The Kier molecular flexibility index (Phi) is 10.3. The van der Waals surface area contributed by atoms with Gasteiger partial charge in [0.15, 0.2) is 21.5 Å². The molecule has 1 amide bonds. The number of benzene rings is 3. The summed E-state index contributed by atoms with van der Waals surface area (Å²) in [6.07, 6.45) is 1.77. The fraction of sp³-hybridized carbons (Fsp3) is 0.394. The van der Waals surface area contributed by atoms with Crippen LogP contribution in [-0.4, -0.2) is 67.1 Å². The van der Waals surface area contributed by atoms with Crippen molar-refractivity contribution in [2.24, 2.45) is 4.99 Å². The Bertz CT molecular complexity index is 1510. The molecule has 10 nitrogen and oxygen atoms in total. The molecule has 1 aliphatic heterocycles. The first-order valence-corrected chi connectivity index (χ1v) is 16.6. The first-order chi connectivity index (χ1) is 21.3. The molecule has 0 spiro atoms. The van der Waals surface area contributed by atoms with E-state index in [1.165, 1.54) is 0 Å². The van der Waals surface area contributed by atoms with E-state index in [1.54, 1.807) is 54.6 Å². The smallest absolute Gasteiger partial charge is 0.266 e. The van der Waals surface area contributed by atoms with E-state index < -0.39 is 27.4 Å². The van der Waals surface area contributed by atoms with Crippen LogP contribution in [0.15, 0.2) is 94.8 Å². The molecule has 234 valence electrons. The summed E-state index contributed by atoms with van der Waals surface area (Å²) >= 11 is 0. The largest absolute Gasteiger partial charge is 0.494 e. The third-order valence-corrected chi connectivity index (χ3v) is 9.81. The number of nitrogens with zero attached hydrogens (tertiary/aromatic N) is 1. The summed E-state index contributed by atoms with van der Waals surface area (Å²) in [5.41, 5.74) is 5.63. The maximum absolute atomic E-state index is 14.2. The monoisotopic (exact) mass is 621 g/mol. The predicted octanol–water partition coefficient (Wildman–Crippen LogP) is 3.49. The highest BCUT2D eigenvalue weighted by molar-refractivity contribution is 7.91. The lowest BCUT2D eigenvalue weighted by atomic mass is 9.85. The summed E-state index contributed by atoms with van der Waals surface area (Å²) < 4.78 is 39.0. The Balaban J connectivity index is 1.49. The molecule has 0 unspecified atom stereocenters. The summed E-state index contributed by atoms with van der Waals surface area (Å²) in [6.45, 7) is 0.404. The summed E-state index contributed by atoms with van der Waals surface area (Å²) in [6, 6.07) is 24.4. The summed E-state index contributed by atoms with van der Waals surface area (Å²) in [5, 5.41) is 18.9. The maximum Gasteiger partial charge on any atom is 0.266 e. The zero-order valence-corrected chi connectivity index (χ0v) is 25.3. The van der Waals surface area contributed by atoms with E-state index in [1.807, 2.05) is 30.3 Å². The van der Waals surface area contributed by atoms with Crippen LogP contribution in [0.5, 0.6) is 5.75 Å². The molecule has 5 rings (SSSR count). The molecule has 3 aromatic carbocycles. The lowest BCUT2D eigenvalue weighted by Crippen LogP contribution is -2.56. The van der Waals surface area contributed by atoms with Crippen molar-refractivity contribution >= 4 is 21.6 Å². The molecule has 3 aromatic rings. The van der Waals surface area contributed by atoms with Crippen molar-refractivity contribution in [3.63, 3.8) is 0 Å². The summed E-state index contributed by atoms with van der Waals surface area (Å²) in [5.74, 6) is -0.00471. The number of hydrogen-bond donors (Lipinski definition) is 4. The van der Waals surface area contributed by atoms with E-state index in [-0.39, 0.29) is 41.7 Å². The molecule has 44 heavy (non-hydrogen) atoms. The van der Waals surface area contributed by atoms with E-state index in [0.29, 0.717) is 55.6 Å². The molecule has 1 saturated carbocycles.